The van der Waals surface area contributed by atoms with E-state index in [1.807, 2.05) is 30.3 Å². The number of rotatable bonds is 5. The Morgan fingerprint density at radius 2 is 1.83 bits per heavy atom. The summed E-state index contributed by atoms with van der Waals surface area (Å²) < 4.78 is 40.9. The Balaban J connectivity index is 1.40. The molecule has 1 aromatic carbocycles. The van der Waals surface area contributed by atoms with Crippen LogP contribution in [0.3, 0.4) is 0 Å². The molecule has 1 spiro atoms. The normalized spacial score (nSPS) is 21.9. The maximum atomic E-state index is 13.3. The molecule has 36 heavy (non-hydrogen) atoms. The van der Waals surface area contributed by atoms with Crippen molar-refractivity contribution in [2.24, 2.45) is 5.41 Å². The Bertz CT molecular complexity index is 1310. The van der Waals surface area contributed by atoms with Crippen LogP contribution in [0.2, 0.25) is 0 Å². The van der Waals surface area contributed by atoms with E-state index >= 15 is 0 Å². The molecule has 192 valence electrons. The maximum Gasteiger partial charge on any atom is 0.389 e. The molecule has 3 aromatic rings. The lowest BCUT2D eigenvalue weighted by atomic mass is 9.65. The number of piperidine rings is 1. The third kappa shape index (κ3) is 4.40. The molecule has 1 amide bonds. The van der Waals surface area contributed by atoms with Gasteiger partial charge in [0.25, 0.3) is 5.56 Å². The molecule has 2 aromatic heterocycles. The minimum atomic E-state index is -4.39. The smallest absolute Gasteiger partial charge is 0.387 e. The van der Waals surface area contributed by atoms with Gasteiger partial charge in [0.1, 0.15) is 11.7 Å². The van der Waals surface area contributed by atoms with E-state index in [2.05, 4.69) is 10.1 Å². The van der Waals surface area contributed by atoms with Crippen LogP contribution in [0.15, 0.2) is 47.7 Å². The molecule has 11 heteroatoms. The quantitative estimate of drug-likeness (QED) is 0.576. The van der Waals surface area contributed by atoms with Crippen LogP contribution in [0.1, 0.15) is 44.9 Å². The average Bonchev–Trinajstić information content (AvgIpc) is 3.50. The molecule has 1 saturated heterocycles. The topological polar surface area (TPSA) is 93.2 Å². The van der Waals surface area contributed by atoms with Crippen LogP contribution in [0.5, 0.6) is 0 Å². The molecular weight excluding hydrogens is 475 g/mol. The number of likely N-dealkylation sites (tertiary alicyclic amines) is 1. The summed E-state index contributed by atoms with van der Waals surface area (Å²) in [6, 6.07) is 9.32. The maximum absolute atomic E-state index is 13.3. The molecule has 0 bridgehead atoms. The average molecular weight is 504 g/mol. The zero-order valence-corrected chi connectivity index (χ0v) is 19.7. The second-order valence-electron chi connectivity index (χ2n) is 10.0. The number of benzene rings is 1. The fourth-order valence-electron chi connectivity index (χ4n) is 5.82. The lowest BCUT2D eigenvalue weighted by Gasteiger charge is -2.52. The number of carbonyl (C=O) groups is 1. The molecule has 8 nitrogen and oxygen atoms in total. The van der Waals surface area contributed by atoms with Gasteiger partial charge in [-0.25, -0.2) is 9.67 Å². The van der Waals surface area contributed by atoms with Gasteiger partial charge in [0.05, 0.1) is 30.5 Å². The molecule has 2 fully saturated rings. The van der Waals surface area contributed by atoms with Crippen molar-refractivity contribution in [1.82, 2.24) is 24.2 Å². The molecule has 1 N–H and O–H groups in total. The number of carbonyl (C=O) groups excluding carboxylic acids is 1. The van der Waals surface area contributed by atoms with Crippen LogP contribution in [-0.4, -0.2) is 60.1 Å². The summed E-state index contributed by atoms with van der Waals surface area (Å²) in [5.41, 5.74) is -1.12. The summed E-state index contributed by atoms with van der Waals surface area (Å²) in [7, 11) is 0. The van der Waals surface area contributed by atoms with Gasteiger partial charge in [-0.05, 0) is 31.4 Å². The van der Waals surface area contributed by atoms with Gasteiger partial charge in [-0.2, -0.15) is 18.3 Å². The number of fused-ring (bicyclic) bond motifs is 1. The summed E-state index contributed by atoms with van der Waals surface area (Å²) in [6.45, 7) is 0.331. The lowest BCUT2D eigenvalue weighted by Crippen LogP contribution is -2.62. The van der Waals surface area contributed by atoms with Gasteiger partial charge in [-0.15, -0.1) is 0 Å². The first-order valence-electron chi connectivity index (χ1n) is 12.2. The zero-order valence-electron chi connectivity index (χ0n) is 19.7. The Morgan fingerprint density at radius 1 is 1.11 bits per heavy atom. The number of aliphatic hydroxyl groups is 1. The van der Waals surface area contributed by atoms with Crippen molar-refractivity contribution in [3.05, 3.63) is 53.2 Å². The Kier molecular flexibility index (Phi) is 6.14. The van der Waals surface area contributed by atoms with Crippen LogP contribution in [0.25, 0.3) is 16.7 Å². The monoisotopic (exact) mass is 503 g/mol. The first-order chi connectivity index (χ1) is 17.1. The number of nitrogens with zero attached hydrogens (tertiary/aromatic N) is 5. The van der Waals surface area contributed by atoms with Crippen LogP contribution in [0, 0.1) is 5.41 Å². The van der Waals surface area contributed by atoms with E-state index in [0.29, 0.717) is 23.9 Å². The molecular formula is C25H28F3N5O3. The Morgan fingerprint density at radius 3 is 2.53 bits per heavy atom. The van der Waals surface area contributed by atoms with Gasteiger partial charge in [0.15, 0.2) is 5.65 Å². The van der Waals surface area contributed by atoms with Crippen LogP contribution in [-0.2, 0) is 11.3 Å². The molecule has 2 aliphatic rings. The molecule has 1 unspecified atom stereocenters. The third-order valence-electron chi connectivity index (χ3n) is 7.80. The Labute approximate surface area is 205 Å². The van der Waals surface area contributed by atoms with E-state index in [4.69, 9.17) is 0 Å². The van der Waals surface area contributed by atoms with Crippen molar-refractivity contribution < 1.29 is 23.1 Å². The molecule has 3 heterocycles. The molecule has 0 radical (unpaired) electrons. The van der Waals surface area contributed by atoms with E-state index in [1.165, 1.54) is 22.0 Å². The van der Waals surface area contributed by atoms with E-state index in [0.717, 1.165) is 18.5 Å². The van der Waals surface area contributed by atoms with Gasteiger partial charge in [0.2, 0.25) is 5.91 Å². The largest absolute Gasteiger partial charge is 0.389 e. The molecule has 5 rings (SSSR count). The second-order valence-corrected chi connectivity index (χ2v) is 10.0. The predicted molar refractivity (Wildman–Crippen MR) is 125 cm³/mol. The number of para-hydroxylation sites is 1. The molecule has 1 aliphatic heterocycles. The van der Waals surface area contributed by atoms with E-state index in [1.54, 1.807) is 4.68 Å². The predicted octanol–water partition coefficient (Wildman–Crippen LogP) is 3.45. The standard InChI is InChI=1S/C25H28F3N5O3/c26-25(27,28)11-8-20(34)31-13-12-24(36,23(15-31)9-4-5-10-23)16-32-17-29-21-19(22(32)35)14-30-33(21)18-6-2-1-3-7-18/h1-3,6-7,14,17,36H,4-5,8-13,15-16H2. The van der Waals surface area contributed by atoms with Crippen molar-refractivity contribution >= 4 is 16.9 Å². The third-order valence-corrected chi connectivity index (χ3v) is 7.80. The highest BCUT2D eigenvalue weighted by Crippen LogP contribution is 2.51. The van der Waals surface area contributed by atoms with Crippen LogP contribution >= 0.6 is 0 Å². The first-order valence-corrected chi connectivity index (χ1v) is 12.2. The number of amides is 1. The summed E-state index contributed by atoms with van der Waals surface area (Å²) >= 11 is 0. The van der Waals surface area contributed by atoms with Crippen LogP contribution < -0.4 is 5.56 Å². The minimum absolute atomic E-state index is 0.00410. The number of alkyl halides is 3. The van der Waals surface area contributed by atoms with Gasteiger partial charge in [-0.3, -0.25) is 14.2 Å². The van der Waals surface area contributed by atoms with E-state index < -0.39 is 35.9 Å². The fourth-order valence-corrected chi connectivity index (χ4v) is 5.82. The number of hydrogen-bond acceptors (Lipinski definition) is 5. The first kappa shape index (κ1) is 24.5. The lowest BCUT2D eigenvalue weighted by molar-refractivity contribution is -0.166. The highest BCUT2D eigenvalue weighted by Gasteiger charge is 2.55. The number of aromatic nitrogens is 4. The SMILES string of the molecule is O=C(CCC(F)(F)F)N1CCC(O)(Cn2cnc3c(cnn3-c3ccccc3)c2=O)C2(CCCC2)C1. The molecule has 1 saturated carbocycles. The van der Waals surface area contributed by atoms with Gasteiger partial charge in [-0.1, -0.05) is 31.0 Å². The highest BCUT2D eigenvalue weighted by molar-refractivity contribution is 5.76. The van der Waals surface area contributed by atoms with Crippen molar-refractivity contribution in [1.29, 1.82) is 0 Å². The van der Waals surface area contributed by atoms with Crippen molar-refractivity contribution in [2.75, 3.05) is 13.1 Å². The molecule has 1 atom stereocenters. The van der Waals surface area contributed by atoms with E-state index in [-0.39, 0.29) is 31.6 Å². The van der Waals surface area contributed by atoms with Gasteiger partial charge in [0, 0.05) is 24.9 Å². The van der Waals surface area contributed by atoms with Crippen molar-refractivity contribution in [3.63, 3.8) is 0 Å². The van der Waals surface area contributed by atoms with Gasteiger partial charge < -0.3 is 10.0 Å². The second kappa shape index (κ2) is 9.02. The minimum Gasteiger partial charge on any atom is -0.387 e. The van der Waals surface area contributed by atoms with E-state index in [9.17, 15) is 27.9 Å². The number of hydrogen-bond donors (Lipinski definition) is 1. The summed E-state index contributed by atoms with van der Waals surface area (Å²) in [5, 5.41) is 16.5. The highest BCUT2D eigenvalue weighted by atomic mass is 19.4. The zero-order chi connectivity index (χ0) is 25.6. The van der Waals surface area contributed by atoms with Crippen LogP contribution in [0.4, 0.5) is 13.2 Å². The number of halogens is 3. The summed E-state index contributed by atoms with van der Waals surface area (Å²) in [5.74, 6) is -0.547. The van der Waals surface area contributed by atoms with Crippen molar-refractivity contribution in [2.45, 2.75) is 63.3 Å². The van der Waals surface area contributed by atoms with Gasteiger partial charge >= 0.3 is 6.18 Å². The summed E-state index contributed by atoms with van der Waals surface area (Å²) in [4.78, 5) is 31.8. The summed E-state index contributed by atoms with van der Waals surface area (Å²) in [6.07, 6.45) is -0.103. The molecule has 1 aliphatic carbocycles. The van der Waals surface area contributed by atoms with Crippen molar-refractivity contribution in [3.8, 4) is 5.69 Å². The Hall–Kier alpha value is -3.21. The fraction of sp³-hybridized carbons (Fsp3) is 0.520.